The molecule has 3 aromatic rings. The largest absolute Gasteiger partial charge is 0.250 e. The van der Waals surface area contributed by atoms with Crippen molar-refractivity contribution in [2.75, 3.05) is 0 Å². The van der Waals surface area contributed by atoms with Gasteiger partial charge < -0.3 is 0 Å². The van der Waals surface area contributed by atoms with Crippen LogP contribution in [0.5, 0.6) is 0 Å². The average molecular weight is 265 g/mol. The number of thiazole rings is 1. The molecule has 0 aliphatic carbocycles. The Bertz CT molecular complexity index is 563. The van der Waals surface area contributed by atoms with E-state index < -0.39 is 0 Å². The van der Waals surface area contributed by atoms with Gasteiger partial charge in [0, 0.05) is 23.9 Å². The lowest BCUT2D eigenvalue weighted by Crippen LogP contribution is -2.04. The topological polar surface area (TPSA) is 12.9 Å². The lowest BCUT2D eigenvalue weighted by molar-refractivity contribution is 0.799. The van der Waals surface area contributed by atoms with E-state index in [2.05, 4.69) is 65.6 Å². The maximum Gasteiger partial charge on any atom is 0.0934 e. The predicted octanol–water partition coefficient (Wildman–Crippen LogP) is 4.52. The molecule has 0 bridgehead atoms. The van der Waals surface area contributed by atoms with Crippen LogP contribution >= 0.6 is 11.3 Å². The second-order valence-corrected chi connectivity index (χ2v) is 5.48. The van der Waals surface area contributed by atoms with Crippen LogP contribution in [0.2, 0.25) is 0 Å². The zero-order valence-electron chi connectivity index (χ0n) is 10.6. The Morgan fingerprint density at radius 1 is 0.842 bits per heavy atom. The summed E-state index contributed by atoms with van der Waals surface area (Å²) >= 11 is 1.73. The molecule has 0 atom stereocenters. The Morgan fingerprint density at radius 3 is 1.89 bits per heavy atom. The third-order valence-electron chi connectivity index (χ3n) is 3.27. The molecule has 19 heavy (non-hydrogen) atoms. The summed E-state index contributed by atoms with van der Waals surface area (Å²) in [6.45, 7) is 0. The lowest BCUT2D eigenvalue weighted by atomic mass is 9.89. The van der Waals surface area contributed by atoms with Gasteiger partial charge in [-0.2, -0.15) is 0 Å². The summed E-state index contributed by atoms with van der Waals surface area (Å²) in [4.78, 5) is 4.43. The molecule has 0 amide bonds. The van der Waals surface area contributed by atoms with Crippen molar-refractivity contribution in [3.63, 3.8) is 0 Å². The molecule has 0 saturated heterocycles. The first-order chi connectivity index (χ1) is 9.43. The van der Waals surface area contributed by atoms with Gasteiger partial charge in [-0.3, -0.25) is 0 Å². The van der Waals surface area contributed by atoms with Crippen molar-refractivity contribution in [1.29, 1.82) is 0 Å². The van der Waals surface area contributed by atoms with Gasteiger partial charge in [-0.15, -0.1) is 11.3 Å². The van der Waals surface area contributed by atoms with Crippen molar-refractivity contribution in [3.8, 4) is 0 Å². The summed E-state index contributed by atoms with van der Waals surface area (Å²) in [5.74, 6) is 0.383. The molecule has 0 aliphatic heterocycles. The summed E-state index contributed by atoms with van der Waals surface area (Å²) in [7, 11) is 0. The van der Waals surface area contributed by atoms with Crippen LogP contribution in [0.1, 0.15) is 22.1 Å². The Morgan fingerprint density at radius 2 is 1.42 bits per heavy atom. The van der Waals surface area contributed by atoms with Crippen LogP contribution in [0, 0.1) is 0 Å². The van der Waals surface area contributed by atoms with Crippen LogP contribution in [-0.4, -0.2) is 4.98 Å². The normalized spacial score (nSPS) is 10.8. The van der Waals surface area contributed by atoms with E-state index in [1.807, 2.05) is 11.6 Å². The lowest BCUT2D eigenvalue weighted by Gasteiger charge is -2.16. The smallest absolute Gasteiger partial charge is 0.0934 e. The highest BCUT2D eigenvalue weighted by Crippen LogP contribution is 2.28. The second-order valence-electron chi connectivity index (χ2n) is 4.50. The average Bonchev–Trinajstić information content (AvgIpc) is 3.00. The quantitative estimate of drug-likeness (QED) is 0.676. The summed E-state index contributed by atoms with van der Waals surface area (Å²) in [5, 5.41) is 3.24. The highest BCUT2D eigenvalue weighted by Gasteiger charge is 2.15. The van der Waals surface area contributed by atoms with Gasteiger partial charge in [-0.05, 0) is 11.1 Å². The molecule has 0 fully saturated rings. The summed E-state index contributed by atoms with van der Waals surface area (Å²) in [5.41, 5.74) is 2.70. The molecule has 1 heterocycles. The minimum atomic E-state index is 0.383. The molecular weight excluding hydrogens is 250 g/mol. The number of rotatable bonds is 4. The number of nitrogens with zero attached hydrogens (tertiary/aromatic N) is 1. The van der Waals surface area contributed by atoms with Gasteiger partial charge >= 0.3 is 0 Å². The minimum Gasteiger partial charge on any atom is -0.250 e. The maximum absolute atomic E-state index is 4.43. The molecule has 0 aliphatic rings. The Hall–Kier alpha value is -1.93. The standard InChI is InChI=1S/C17H15NS/c1-3-7-14(8-4-1)16(13-17-18-11-12-19-17)15-9-5-2-6-10-15/h1-12,16H,13H2. The summed E-state index contributed by atoms with van der Waals surface area (Å²) < 4.78 is 0. The van der Waals surface area contributed by atoms with Gasteiger partial charge in [0.1, 0.15) is 0 Å². The van der Waals surface area contributed by atoms with E-state index in [1.54, 1.807) is 11.3 Å². The number of hydrogen-bond donors (Lipinski definition) is 0. The molecule has 2 aromatic carbocycles. The van der Waals surface area contributed by atoms with Crippen molar-refractivity contribution in [2.45, 2.75) is 12.3 Å². The fourth-order valence-electron chi connectivity index (χ4n) is 2.33. The van der Waals surface area contributed by atoms with E-state index in [1.165, 1.54) is 16.1 Å². The first kappa shape index (κ1) is 12.1. The minimum absolute atomic E-state index is 0.383. The van der Waals surface area contributed by atoms with Gasteiger partial charge in [-0.1, -0.05) is 60.7 Å². The van der Waals surface area contributed by atoms with Crippen molar-refractivity contribution in [3.05, 3.63) is 88.4 Å². The van der Waals surface area contributed by atoms with Crippen molar-refractivity contribution in [2.24, 2.45) is 0 Å². The number of hydrogen-bond acceptors (Lipinski definition) is 2. The Kier molecular flexibility index (Phi) is 3.70. The highest BCUT2D eigenvalue weighted by molar-refractivity contribution is 7.09. The van der Waals surface area contributed by atoms with E-state index in [-0.39, 0.29) is 0 Å². The molecule has 1 aromatic heterocycles. The molecule has 1 nitrogen and oxygen atoms in total. The van der Waals surface area contributed by atoms with E-state index >= 15 is 0 Å². The van der Waals surface area contributed by atoms with E-state index in [0.717, 1.165) is 6.42 Å². The highest BCUT2D eigenvalue weighted by atomic mass is 32.1. The van der Waals surface area contributed by atoms with Crippen LogP contribution in [0.25, 0.3) is 0 Å². The van der Waals surface area contributed by atoms with Crippen molar-refractivity contribution >= 4 is 11.3 Å². The first-order valence-electron chi connectivity index (χ1n) is 6.42. The molecule has 0 saturated carbocycles. The number of benzene rings is 2. The maximum atomic E-state index is 4.43. The van der Waals surface area contributed by atoms with Crippen LogP contribution in [0.15, 0.2) is 72.2 Å². The zero-order chi connectivity index (χ0) is 12.9. The van der Waals surface area contributed by atoms with E-state index in [4.69, 9.17) is 0 Å². The van der Waals surface area contributed by atoms with E-state index in [9.17, 15) is 0 Å². The van der Waals surface area contributed by atoms with Gasteiger partial charge in [0.2, 0.25) is 0 Å². The Labute approximate surface area is 117 Å². The molecule has 0 N–H and O–H groups in total. The van der Waals surface area contributed by atoms with Gasteiger partial charge in [0.05, 0.1) is 5.01 Å². The van der Waals surface area contributed by atoms with Gasteiger partial charge in [-0.25, -0.2) is 4.98 Å². The molecule has 0 unspecified atom stereocenters. The fraction of sp³-hybridized carbons (Fsp3) is 0.118. The van der Waals surface area contributed by atoms with E-state index in [0.29, 0.717) is 5.92 Å². The molecule has 2 heteroatoms. The fourth-order valence-corrected chi connectivity index (χ4v) is 2.99. The number of aromatic nitrogens is 1. The predicted molar refractivity (Wildman–Crippen MR) is 80.5 cm³/mol. The summed E-state index contributed by atoms with van der Waals surface area (Å²) in [6, 6.07) is 21.3. The second kappa shape index (κ2) is 5.81. The zero-order valence-corrected chi connectivity index (χ0v) is 11.4. The molecule has 94 valence electrons. The molecular formula is C17H15NS. The Balaban J connectivity index is 1.96. The van der Waals surface area contributed by atoms with Crippen molar-refractivity contribution in [1.82, 2.24) is 4.98 Å². The molecule has 0 radical (unpaired) electrons. The monoisotopic (exact) mass is 265 g/mol. The third kappa shape index (κ3) is 2.91. The third-order valence-corrected chi connectivity index (χ3v) is 4.07. The molecule has 3 rings (SSSR count). The summed E-state index contributed by atoms with van der Waals surface area (Å²) in [6.07, 6.45) is 2.85. The molecule has 0 spiro atoms. The SMILES string of the molecule is c1ccc(C(Cc2nccs2)c2ccccc2)cc1. The van der Waals surface area contributed by atoms with Gasteiger partial charge in [0.15, 0.2) is 0 Å². The van der Waals surface area contributed by atoms with Crippen LogP contribution in [0.4, 0.5) is 0 Å². The van der Waals surface area contributed by atoms with Crippen LogP contribution in [0.3, 0.4) is 0 Å². The van der Waals surface area contributed by atoms with Crippen LogP contribution < -0.4 is 0 Å². The van der Waals surface area contributed by atoms with Crippen molar-refractivity contribution < 1.29 is 0 Å². The van der Waals surface area contributed by atoms with Crippen LogP contribution in [-0.2, 0) is 6.42 Å². The van der Waals surface area contributed by atoms with Gasteiger partial charge in [0.25, 0.3) is 0 Å². The first-order valence-corrected chi connectivity index (χ1v) is 7.30.